The molecule has 0 fully saturated rings. The molecule has 66 valence electrons. The van der Waals surface area contributed by atoms with Crippen molar-refractivity contribution in [2.75, 3.05) is 4.43 Å². The standard InChI is InChI=1S/C4H3NO2.C2H4INO/c6-3-1-2-4(7)5-3;3-1-2(4)5/h1-2H,(H,5,6,7);1H2,(H2,4,5). The predicted octanol–water partition coefficient (Wildman–Crippen LogP) is -0.894. The van der Waals surface area contributed by atoms with Crippen molar-refractivity contribution in [3.63, 3.8) is 0 Å². The molecule has 3 N–H and O–H groups in total. The van der Waals surface area contributed by atoms with Crippen molar-refractivity contribution in [2.45, 2.75) is 0 Å². The Morgan fingerprint density at radius 1 is 1.42 bits per heavy atom. The van der Waals surface area contributed by atoms with E-state index in [2.05, 4.69) is 5.73 Å². The normalized spacial score (nSPS) is 13.4. The molecule has 0 saturated carbocycles. The Balaban J connectivity index is 0.000000217. The summed E-state index contributed by atoms with van der Waals surface area (Å²) in [6.07, 6.45) is 2.39. The summed E-state index contributed by atoms with van der Waals surface area (Å²) < 4.78 is 0.414. The Bertz CT molecular complexity index is 221. The largest absolute Gasteiger partial charge is 0.369 e. The summed E-state index contributed by atoms with van der Waals surface area (Å²) in [5, 5.41) is 2.03. The Labute approximate surface area is 82.5 Å². The number of hydrogen-bond acceptors (Lipinski definition) is 3. The van der Waals surface area contributed by atoms with Gasteiger partial charge in [0.1, 0.15) is 0 Å². The summed E-state index contributed by atoms with van der Waals surface area (Å²) >= 11 is 1.90. The topological polar surface area (TPSA) is 89.3 Å². The van der Waals surface area contributed by atoms with Crippen LogP contribution in [0.1, 0.15) is 0 Å². The van der Waals surface area contributed by atoms with Crippen LogP contribution in [0.15, 0.2) is 12.2 Å². The smallest absolute Gasteiger partial charge is 0.250 e. The third-order valence-electron chi connectivity index (χ3n) is 0.764. The van der Waals surface area contributed by atoms with Crippen LogP contribution in [0.4, 0.5) is 0 Å². The van der Waals surface area contributed by atoms with Crippen molar-refractivity contribution in [1.82, 2.24) is 5.32 Å². The first-order chi connectivity index (χ1) is 5.56. The van der Waals surface area contributed by atoms with Gasteiger partial charge < -0.3 is 5.73 Å². The Kier molecular flexibility index (Phi) is 5.26. The molecule has 6 heteroatoms. The van der Waals surface area contributed by atoms with E-state index in [4.69, 9.17) is 0 Å². The van der Waals surface area contributed by atoms with Gasteiger partial charge in [-0.1, -0.05) is 22.6 Å². The van der Waals surface area contributed by atoms with Gasteiger partial charge in [0.05, 0.1) is 4.43 Å². The maximum atomic E-state index is 10.0. The molecule has 1 aliphatic rings. The summed E-state index contributed by atoms with van der Waals surface area (Å²) in [4.78, 5) is 29.7. The number of rotatable bonds is 1. The first kappa shape index (κ1) is 11.1. The molecule has 0 aromatic carbocycles. The maximum absolute atomic E-state index is 10.0. The minimum atomic E-state index is -0.329. The number of hydrogen-bond donors (Lipinski definition) is 2. The van der Waals surface area contributed by atoms with Crippen LogP contribution in [-0.4, -0.2) is 22.1 Å². The number of amides is 3. The number of alkyl halides is 1. The monoisotopic (exact) mass is 282 g/mol. The van der Waals surface area contributed by atoms with Gasteiger partial charge in [-0.2, -0.15) is 0 Å². The Morgan fingerprint density at radius 2 is 1.75 bits per heavy atom. The van der Waals surface area contributed by atoms with Crippen LogP contribution in [0, 0.1) is 0 Å². The number of primary amides is 1. The van der Waals surface area contributed by atoms with Crippen molar-refractivity contribution in [2.24, 2.45) is 5.73 Å². The second-order valence-electron chi connectivity index (χ2n) is 1.79. The van der Waals surface area contributed by atoms with E-state index in [0.29, 0.717) is 4.43 Å². The highest BCUT2D eigenvalue weighted by Gasteiger charge is 2.06. The van der Waals surface area contributed by atoms with Gasteiger partial charge in [0.15, 0.2) is 0 Å². The lowest BCUT2D eigenvalue weighted by Gasteiger charge is -1.80. The summed E-state index contributed by atoms with van der Waals surface area (Å²) in [5.41, 5.74) is 4.65. The zero-order chi connectivity index (χ0) is 9.56. The van der Waals surface area contributed by atoms with Gasteiger partial charge in [0.2, 0.25) is 5.91 Å². The highest BCUT2D eigenvalue weighted by atomic mass is 127. The number of nitrogens with one attached hydrogen (secondary N) is 1. The van der Waals surface area contributed by atoms with Gasteiger partial charge in [-0.25, -0.2) is 0 Å². The third kappa shape index (κ3) is 5.83. The molecular formula is C6H7IN2O3. The molecule has 0 aromatic heterocycles. The molecule has 1 heterocycles. The summed E-state index contributed by atoms with van der Waals surface area (Å²) in [5.74, 6) is -0.916. The van der Waals surface area contributed by atoms with Gasteiger partial charge in [0, 0.05) is 12.2 Å². The van der Waals surface area contributed by atoms with E-state index in [1.807, 2.05) is 27.9 Å². The zero-order valence-corrected chi connectivity index (χ0v) is 8.20. The summed E-state index contributed by atoms with van der Waals surface area (Å²) in [6, 6.07) is 0. The lowest BCUT2D eigenvalue weighted by Crippen LogP contribution is -2.19. The molecule has 0 bridgehead atoms. The molecule has 0 atom stereocenters. The van der Waals surface area contributed by atoms with Crippen LogP contribution in [0.2, 0.25) is 0 Å². The molecule has 5 nitrogen and oxygen atoms in total. The van der Waals surface area contributed by atoms with Crippen LogP contribution in [-0.2, 0) is 14.4 Å². The molecule has 1 aliphatic heterocycles. The fourth-order valence-corrected chi connectivity index (χ4v) is 0.356. The van der Waals surface area contributed by atoms with E-state index in [1.54, 1.807) is 0 Å². The highest BCUT2D eigenvalue weighted by Crippen LogP contribution is 1.82. The van der Waals surface area contributed by atoms with Gasteiger partial charge in [-0.05, 0) is 0 Å². The van der Waals surface area contributed by atoms with Crippen LogP contribution >= 0.6 is 22.6 Å². The molecule has 12 heavy (non-hydrogen) atoms. The Hall–Kier alpha value is -0.920. The zero-order valence-electron chi connectivity index (χ0n) is 6.04. The van der Waals surface area contributed by atoms with Gasteiger partial charge in [-0.3, -0.25) is 19.7 Å². The predicted molar refractivity (Wildman–Crippen MR) is 50.4 cm³/mol. The van der Waals surface area contributed by atoms with Crippen LogP contribution in [0.5, 0.6) is 0 Å². The minimum absolute atomic E-state index is 0.259. The molecule has 1 rings (SSSR count). The van der Waals surface area contributed by atoms with Crippen molar-refractivity contribution in [3.8, 4) is 0 Å². The van der Waals surface area contributed by atoms with E-state index in [0.717, 1.165) is 0 Å². The quantitative estimate of drug-likeness (QED) is 0.371. The molecule has 0 spiro atoms. The second-order valence-corrected chi connectivity index (χ2v) is 2.55. The third-order valence-corrected chi connectivity index (χ3v) is 1.52. The average Bonchev–Trinajstić information content (AvgIpc) is 2.36. The molecule has 0 unspecified atom stereocenters. The molecule has 0 aliphatic carbocycles. The van der Waals surface area contributed by atoms with Gasteiger partial charge in [0.25, 0.3) is 11.8 Å². The SMILES string of the molecule is NC(=O)CI.O=C1C=CC(=O)N1. The fourth-order valence-electron chi connectivity index (χ4n) is 0.356. The highest BCUT2D eigenvalue weighted by molar-refractivity contribution is 14.1. The van der Waals surface area contributed by atoms with Gasteiger partial charge >= 0.3 is 0 Å². The molecule has 0 saturated heterocycles. The van der Waals surface area contributed by atoms with Crippen molar-refractivity contribution < 1.29 is 14.4 Å². The van der Waals surface area contributed by atoms with E-state index < -0.39 is 0 Å². The van der Waals surface area contributed by atoms with E-state index in [-0.39, 0.29) is 17.7 Å². The summed E-state index contributed by atoms with van der Waals surface area (Å²) in [6.45, 7) is 0. The number of nitrogens with two attached hydrogens (primary N) is 1. The van der Waals surface area contributed by atoms with Crippen molar-refractivity contribution in [1.29, 1.82) is 0 Å². The number of imide groups is 1. The lowest BCUT2D eigenvalue weighted by atomic mass is 10.6. The first-order valence-electron chi connectivity index (χ1n) is 2.93. The van der Waals surface area contributed by atoms with Crippen LogP contribution < -0.4 is 11.1 Å². The number of carbonyl (C=O) groups is 3. The number of halogens is 1. The summed E-state index contributed by atoms with van der Waals surface area (Å²) in [7, 11) is 0. The molecule has 3 amide bonds. The van der Waals surface area contributed by atoms with Crippen LogP contribution in [0.25, 0.3) is 0 Å². The lowest BCUT2D eigenvalue weighted by molar-refractivity contribution is -0.123. The molecule has 0 radical (unpaired) electrons. The Morgan fingerprint density at radius 3 is 1.83 bits per heavy atom. The second kappa shape index (κ2) is 5.70. The molecule has 0 aromatic rings. The molecular weight excluding hydrogens is 275 g/mol. The van der Waals surface area contributed by atoms with Gasteiger partial charge in [-0.15, -0.1) is 0 Å². The number of carbonyl (C=O) groups excluding carboxylic acids is 3. The first-order valence-corrected chi connectivity index (χ1v) is 4.46. The average molecular weight is 282 g/mol. The van der Waals surface area contributed by atoms with E-state index in [1.165, 1.54) is 12.2 Å². The fraction of sp³-hybridized carbons (Fsp3) is 0.167. The van der Waals surface area contributed by atoms with Crippen molar-refractivity contribution in [3.05, 3.63) is 12.2 Å². The minimum Gasteiger partial charge on any atom is -0.369 e. The van der Waals surface area contributed by atoms with Crippen molar-refractivity contribution >= 4 is 40.3 Å². The van der Waals surface area contributed by atoms with Crippen LogP contribution in [0.3, 0.4) is 0 Å². The van der Waals surface area contributed by atoms with E-state index >= 15 is 0 Å². The maximum Gasteiger partial charge on any atom is 0.250 e. The van der Waals surface area contributed by atoms with E-state index in [9.17, 15) is 14.4 Å².